The van der Waals surface area contributed by atoms with Crippen LogP contribution in [0.3, 0.4) is 0 Å². The van der Waals surface area contributed by atoms with Gasteiger partial charge in [-0.2, -0.15) is 0 Å². The van der Waals surface area contributed by atoms with E-state index >= 15 is 0 Å². The van der Waals surface area contributed by atoms with Crippen molar-refractivity contribution < 1.29 is 4.79 Å². The third-order valence-electron chi connectivity index (χ3n) is 6.07. The minimum atomic E-state index is -0.313. The molecule has 0 spiro atoms. The predicted molar refractivity (Wildman–Crippen MR) is 139 cm³/mol. The quantitative estimate of drug-likeness (QED) is 0.453. The molecule has 4 aromatic rings. The Balaban J connectivity index is 1.28. The van der Waals surface area contributed by atoms with Crippen molar-refractivity contribution in [3.05, 3.63) is 78.8 Å². The number of piperazine rings is 1. The van der Waals surface area contributed by atoms with E-state index in [1.54, 1.807) is 6.92 Å². The van der Waals surface area contributed by atoms with Gasteiger partial charge in [0.2, 0.25) is 0 Å². The van der Waals surface area contributed by atoms with Crippen LogP contribution in [-0.2, 0) is 11.3 Å². The van der Waals surface area contributed by atoms with Crippen LogP contribution < -0.4 is 10.2 Å². The number of rotatable bonds is 5. The monoisotopic (exact) mass is 462 g/mol. The van der Waals surface area contributed by atoms with Crippen LogP contribution in [0.2, 0.25) is 0 Å². The number of benzene rings is 2. The zero-order valence-electron chi connectivity index (χ0n) is 19.6. The van der Waals surface area contributed by atoms with Gasteiger partial charge in [0, 0.05) is 50.8 Å². The SMILES string of the molecule is CC#CC(=O)Nc1ccc(-c2ccc3ncc(N4CCN(Cc5cccnc5)CC4)nc3c2)cc1. The van der Waals surface area contributed by atoms with Gasteiger partial charge in [-0.15, -0.1) is 0 Å². The summed E-state index contributed by atoms with van der Waals surface area (Å²) in [6.07, 6.45) is 5.61. The average Bonchev–Trinajstić information content (AvgIpc) is 2.90. The first-order chi connectivity index (χ1) is 17.2. The Hall–Kier alpha value is -4.28. The summed E-state index contributed by atoms with van der Waals surface area (Å²) in [5.74, 6) is 5.68. The molecule has 0 atom stereocenters. The molecule has 2 aromatic heterocycles. The molecule has 1 aliphatic rings. The Morgan fingerprint density at radius 1 is 0.971 bits per heavy atom. The highest BCUT2D eigenvalue weighted by molar-refractivity contribution is 6.04. The van der Waals surface area contributed by atoms with Crippen LogP contribution in [0.5, 0.6) is 0 Å². The van der Waals surface area contributed by atoms with E-state index in [1.807, 2.05) is 61.1 Å². The fourth-order valence-corrected chi connectivity index (χ4v) is 4.24. The predicted octanol–water partition coefficient (Wildman–Crippen LogP) is 3.98. The molecule has 5 rings (SSSR count). The summed E-state index contributed by atoms with van der Waals surface area (Å²) in [6.45, 7) is 6.33. The summed E-state index contributed by atoms with van der Waals surface area (Å²) in [4.78, 5) is 30.2. The molecule has 0 unspecified atom stereocenters. The van der Waals surface area contributed by atoms with Crippen molar-refractivity contribution >= 4 is 28.4 Å². The van der Waals surface area contributed by atoms with Crippen molar-refractivity contribution in [2.24, 2.45) is 0 Å². The van der Waals surface area contributed by atoms with Gasteiger partial charge in [-0.3, -0.25) is 19.7 Å². The van der Waals surface area contributed by atoms with Crippen molar-refractivity contribution in [1.82, 2.24) is 19.9 Å². The summed E-state index contributed by atoms with van der Waals surface area (Å²) in [5, 5.41) is 2.76. The van der Waals surface area contributed by atoms with Crippen molar-refractivity contribution in [2.45, 2.75) is 13.5 Å². The molecule has 35 heavy (non-hydrogen) atoms. The van der Waals surface area contributed by atoms with Gasteiger partial charge in [-0.25, -0.2) is 4.98 Å². The summed E-state index contributed by atoms with van der Waals surface area (Å²) >= 11 is 0. The highest BCUT2D eigenvalue weighted by Gasteiger charge is 2.19. The molecule has 1 saturated heterocycles. The molecule has 0 radical (unpaired) electrons. The molecular formula is C28H26N6O. The number of aromatic nitrogens is 3. The Morgan fingerprint density at radius 2 is 1.77 bits per heavy atom. The Bertz CT molecular complexity index is 1380. The lowest BCUT2D eigenvalue weighted by molar-refractivity contribution is -0.111. The Kier molecular flexibility index (Phi) is 6.64. The lowest BCUT2D eigenvalue weighted by Gasteiger charge is -2.35. The number of anilines is 2. The van der Waals surface area contributed by atoms with E-state index in [1.165, 1.54) is 5.56 Å². The number of hydrogen-bond acceptors (Lipinski definition) is 6. The van der Waals surface area contributed by atoms with Gasteiger partial charge in [-0.1, -0.05) is 30.2 Å². The highest BCUT2D eigenvalue weighted by Crippen LogP contribution is 2.26. The van der Waals surface area contributed by atoms with Crippen LogP contribution in [0.1, 0.15) is 12.5 Å². The Morgan fingerprint density at radius 3 is 2.51 bits per heavy atom. The molecule has 0 bridgehead atoms. The van der Waals surface area contributed by atoms with E-state index in [0.717, 1.165) is 60.7 Å². The zero-order chi connectivity index (χ0) is 24.0. The van der Waals surface area contributed by atoms with Crippen LogP contribution in [0.4, 0.5) is 11.5 Å². The number of hydrogen-bond donors (Lipinski definition) is 1. The van der Waals surface area contributed by atoms with Gasteiger partial charge >= 0.3 is 0 Å². The number of nitrogens with one attached hydrogen (secondary N) is 1. The van der Waals surface area contributed by atoms with Crippen LogP contribution in [-0.4, -0.2) is 51.9 Å². The third-order valence-corrected chi connectivity index (χ3v) is 6.07. The van der Waals surface area contributed by atoms with Gasteiger partial charge in [0.15, 0.2) is 0 Å². The molecule has 0 aliphatic carbocycles. The summed E-state index contributed by atoms with van der Waals surface area (Å²) < 4.78 is 0. The second-order valence-corrected chi connectivity index (χ2v) is 8.46. The molecule has 174 valence electrons. The smallest absolute Gasteiger partial charge is 0.300 e. The standard InChI is InChI=1S/C28H26N6O/c1-2-4-28(35)31-24-9-6-22(7-10-24)23-8-11-25-26(17-23)32-27(19-30-25)34-15-13-33(14-16-34)20-21-5-3-12-29-18-21/h3,5-12,17-19H,13-16,20H2,1H3,(H,31,35). The minimum absolute atomic E-state index is 0.313. The first-order valence-electron chi connectivity index (χ1n) is 11.6. The van der Waals surface area contributed by atoms with E-state index < -0.39 is 0 Å². The van der Waals surface area contributed by atoms with Crippen LogP contribution in [0.15, 0.2) is 73.2 Å². The van der Waals surface area contributed by atoms with Gasteiger partial charge < -0.3 is 10.2 Å². The van der Waals surface area contributed by atoms with Crippen LogP contribution in [0, 0.1) is 11.8 Å². The minimum Gasteiger partial charge on any atom is -0.353 e. The lowest BCUT2D eigenvalue weighted by atomic mass is 10.0. The molecule has 2 aromatic carbocycles. The molecule has 1 aliphatic heterocycles. The second kappa shape index (κ2) is 10.3. The number of nitrogens with zero attached hydrogens (tertiary/aromatic N) is 5. The molecule has 1 N–H and O–H groups in total. The second-order valence-electron chi connectivity index (χ2n) is 8.46. The van der Waals surface area contributed by atoms with E-state index in [0.29, 0.717) is 5.69 Å². The fourth-order valence-electron chi connectivity index (χ4n) is 4.24. The molecule has 7 heteroatoms. The Labute approximate surface area is 204 Å². The largest absolute Gasteiger partial charge is 0.353 e. The third kappa shape index (κ3) is 5.45. The average molecular weight is 463 g/mol. The zero-order valence-corrected chi connectivity index (χ0v) is 19.6. The lowest BCUT2D eigenvalue weighted by Crippen LogP contribution is -2.46. The summed E-state index contributed by atoms with van der Waals surface area (Å²) in [6, 6.07) is 17.9. The van der Waals surface area contributed by atoms with Crippen molar-refractivity contribution in [3.63, 3.8) is 0 Å². The van der Waals surface area contributed by atoms with Crippen molar-refractivity contribution in [1.29, 1.82) is 0 Å². The van der Waals surface area contributed by atoms with Gasteiger partial charge in [0.05, 0.1) is 17.2 Å². The number of amides is 1. The molecule has 1 fully saturated rings. The van der Waals surface area contributed by atoms with E-state index in [9.17, 15) is 4.79 Å². The van der Waals surface area contributed by atoms with Crippen molar-refractivity contribution in [3.8, 4) is 23.0 Å². The summed E-state index contributed by atoms with van der Waals surface area (Å²) in [5.41, 5.74) is 5.79. The maximum atomic E-state index is 11.7. The van der Waals surface area contributed by atoms with Gasteiger partial charge in [0.1, 0.15) is 5.82 Å². The number of fused-ring (bicyclic) bond motifs is 1. The van der Waals surface area contributed by atoms with Crippen LogP contribution in [0.25, 0.3) is 22.2 Å². The normalized spacial score (nSPS) is 13.8. The maximum Gasteiger partial charge on any atom is 0.300 e. The molecule has 3 heterocycles. The number of pyridine rings is 1. The topological polar surface area (TPSA) is 74.2 Å². The first-order valence-corrected chi connectivity index (χ1v) is 11.6. The molecule has 7 nitrogen and oxygen atoms in total. The van der Waals surface area contributed by atoms with Crippen LogP contribution >= 0.6 is 0 Å². The first kappa shape index (κ1) is 22.5. The van der Waals surface area contributed by atoms with E-state index in [4.69, 9.17) is 4.98 Å². The fraction of sp³-hybridized carbons (Fsp3) is 0.214. The highest BCUT2D eigenvalue weighted by atomic mass is 16.1. The van der Waals surface area contributed by atoms with E-state index in [-0.39, 0.29) is 5.91 Å². The van der Waals surface area contributed by atoms with Gasteiger partial charge in [-0.05, 0) is 59.9 Å². The molecular weight excluding hydrogens is 436 g/mol. The van der Waals surface area contributed by atoms with Gasteiger partial charge in [0.25, 0.3) is 5.91 Å². The molecule has 0 saturated carbocycles. The molecule has 1 amide bonds. The van der Waals surface area contributed by atoms with E-state index in [2.05, 4.69) is 49.1 Å². The maximum absolute atomic E-state index is 11.7. The van der Waals surface area contributed by atoms with Crippen molar-refractivity contribution in [2.75, 3.05) is 36.4 Å². The number of carbonyl (C=O) groups excluding carboxylic acids is 1. The summed E-state index contributed by atoms with van der Waals surface area (Å²) in [7, 11) is 0. The number of carbonyl (C=O) groups is 1.